The molecule has 4 heteroatoms. The summed E-state index contributed by atoms with van der Waals surface area (Å²) < 4.78 is 0. The number of hydrogen-bond acceptors (Lipinski definition) is 3. The predicted molar refractivity (Wildman–Crippen MR) is 28.1 cm³/mol. The Bertz CT molecular complexity index is 36.5. The molecule has 0 aliphatic carbocycles. The summed E-state index contributed by atoms with van der Waals surface area (Å²) in [5.41, 5.74) is 0. The maximum absolute atomic E-state index is 8.34. The Morgan fingerprint density at radius 3 is 2.14 bits per heavy atom. The molecule has 0 fully saturated rings. The van der Waals surface area contributed by atoms with Gasteiger partial charge in [0, 0.05) is 5.75 Å². The van der Waals surface area contributed by atoms with E-state index < -0.39 is 6.10 Å². The number of aliphatic hydroxyl groups excluding tert-OH is 2. The van der Waals surface area contributed by atoms with E-state index in [1.807, 2.05) is 0 Å². The molecule has 0 rings (SSSR count). The molecule has 0 aliphatic heterocycles. The minimum absolute atomic E-state index is 0. The molecule has 0 aromatic carbocycles. The average Bonchev–Trinajstić information content (AvgIpc) is 1.65. The molecule has 2 nitrogen and oxygen atoms in total. The largest absolute Gasteiger partial charge is 1.00 e. The first-order chi connectivity index (χ1) is 2.81. The van der Waals surface area contributed by atoms with E-state index in [1.54, 1.807) is 0 Å². The maximum Gasteiger partial charge on any atom is 1.00 e. The van der Waals surface area contributed by atoms with Crippen molar-refractivity contribution >= 4 is 12.6 Å². The standard InChI is InChI=1S/C3H8O2S.Na.H/c4-1-3(5)2-6;;/h3-6H,1-2H2;;/q;+1;-1. The van der Waals surface area contributed by atoms with Crippen LogP contribution < -0.4 is 29.6 Å². The fourth-order valence-corrected chi connectivity index (χ4v) is 0.173. The zero-order chi connectivity index (χ0) is 4.99. The van der Waals surface area contributed by atoms with Gasteiger partial charge in [0.2, 0.25) is 0 Å². The van der Waals surface area contributed by atoms with Gasteiger partial charge in [-0.05, 0) is 0 Å². The molecule has 0 aliphatic rings. The zero-order valence-electron chi connectivity index (χ0n) is 5.33. The summed E-state index contributed by atoms with van der Waals surface area (Å²) in [5.74, 6) is 0.330. The van der Waals surface area contributed by atoms with Gasteiger partial charge in [0.15, 0.2) is 0 Å². The van der Waals surface area contributed by atoms with Crippen molar-refractivity contribution in [1.29, 1.82) is 0 Å². The second kappa shape index (κ2) is 7.27. The number of aliphatic hydroxyl groups is 2. The van der Waals surface area contributed by atoms with Crippen LogP contribution in [-0.2, 0) is 0 Å². The molecule has 0 saturated carbocycles. The topological polar surface area (TPSA) is 40.5 Å². The summed E-state index contributed by atoms with van der Waals surface area (Å²) in [4.78, 5) is 0. The van der Waals surface area contributed by atoms with Crippen molar-refractivity contribution in [1.82, 2.24) is 0 Å². The molecular formula is C3H9NaO2S. The van der Waals surface area contributed by atoms with Gasteiger partial charge in [-0.3, -0.25) is 0 Å². The van der Waals surface area contributed by atoms with Crippen LogP contribution in [0.25, 0.3) is 0 Å². The second-order valence-corrected chi connectivity index (χ2v) is 1.38. The molecule has 0 spiro atoms. The first kappa shape index (κ1) is 11.1. The third-order valence-corrected chi connectivity index (χ3v) is 0.843. The van der Waals surface area contributed by atoms with E-state index in [9.17, 15) is 0 Å². The summed E-state index contributed by atoms with van der Waals surface area (Å²) in [5, 5.41) is 16.4. The van der Waals surface area contributed by atoms with Crippen molar-refractivity contribution in [3.63, 3.8) is 0 Å². The van der Waals surface area contributed by atoms with Gasteiger partial charge in [0.05, 0.1) is 12.7 Å². The first-order valence-corrected chi connectivity index (χ1v) is 2.34. The van der Waals surface area contributed by atoms with Gasteiger partial charge >= 0.3 is 29.6 Å². The van der Waals surface area contributed by atoms with E-state index in [1.165, 1.54) is 0 Å². The molecule has 0 amide bonds. The summed E-state index contributed by atoms with van der Waals surface area (Å²) in [6.07, 6.45) is -0.645. The van der Waals surface area contributed by atoms with Crippen molar-refractivity contribution in [2.75, 3.05) is 12.4 Å². The monoisotopic (exact) mass is 132 g/mol. The Morgan fingerprint density at radius 1 is 1.71 bits per heavy atom. The smallest absolute Gasteiger partial charge is 1.00 e. The molecule has 1 atom stereocenters. The third kappa shape index (κ3) is 7.27. The quantitative estimate of drug-likeness (QED) is 0.268. The Hall–Kier alpha value is 1.27. The summed E-state index contributed by atoms with van der Waals surface area (Å²) in [6.45, 7) is -0.191. The van der Waals surface area contributed by atoms with Crippen LogP contribution in [0.3, 0.4) is 0 Å². The molecule has 0 saturated heterocycles. The molecule has 0 radical (unpaired) electrons. The molecule has 0 heterocycles. The SMILES string of the molecule is OCC(O)CS.[H-].[Na+]. The summed E-state index contributed by atoms with van der Waals surface area (Å²) >= 11 is 3.69. The molecule has 40 valence electrons. The molecule has 0 aromatic heterocycles. The van der Waals surface area contributed by atoms with Crippen molar-refractivity contribution in [3.05, 3.63) is 0 Å². The van der Waals surface area contributed by atoms with E-state index in [-0.39, 0.29) is 37.6 Å². The number of rotatable bonds is 2. The van der Waals surface area contributed by atoms with E-state index in [0.29, 0.717) is 5.75 Å². The van der Waals surface area contributed by atoms with Crippen molar-refractivity contribution < 1.29 is 41.2 Å². The molecular weight excluding hydrogens is 123 g/mol. The van der Waals surface area contributed by atoms with Crippen LogP contribution in [0.1, 0.15) is 1.43 Å². The molecule has 7 heavy (non-hydrogen) atoms. The second-order valence-electron chi connectivity index (χ2n) is 1.02. The van der Waals surface area contributed by atoms with E-state index in [0.717, 1.165) is 0 Å². The van der Waals surface area contributed by atoms with Gasteiger partial charge in [0.25, 0.3) is 0 Å². The van der Waals surface area contributed by atoms with Crippen LogP contribution >= 0.6 is 12.6 Å². The van der Waals surface area contributed by atoms with Crippen LogP contribution in [0.2, 0.25) is 0 Å². The third-order valence-electron chi connectivity index (χ3n) is 0.421. The number of hydrogen-bond donors (Lipinski definition) is 3. The first-order valence-electron chi connectivity index (χ1n) is 1.71. The fraction of sp³-hybridized carbons (Fsp3) is 1.00. The van der Waals surface area contributed by atoms with Gasteiger partial charge in [-0.15, -0.1) is 0 Å². The zero-order valence-corrected chi connectivity index (χ0v) is 7.23. The average molecular weight is 132 g/mol. The Morgan fingerprint density at radius 2 is 2.14 bits per heavy atom. The predicted octanol–water partition coefficient (Wildman–Crippen LogP) is -3.61. The Kier molecular flexibility index (Phi) is 11.5. The van der Waals surface area contributed by atoms with Gasteiger partial charge in [-0.1, -0.05) is 0 Å². The minimum Gasteiger partial charge on any atom is -1.00 e. The van der Waals surface area contributed by atoms with Crippen LogP contribution in [0, 0.1) is 0 Å². The van der Waals surface area contributed by atoms with Gasteiger partial charge in [-0.2, -0.15) is 12.6 Å². The Balaban J connectivity index is -0.000000125. The van der Waals surface area contributed by atoms with E-state index in [4.69, 9.17) is 10.2 Å². The maximum atomic E-state index is 8.34. The van der Waals surface area contributed by atoms with E-state index in [2.05, 4.69) is 12.6 Å². The van der Waals surface area contributed by atoms with Crippen LogP contribution in [-0.4, -0.2) is 28.7 Å². The summed E-state index contributed by atoms with van der Waals surface area (Å²) in [6, 6.07) is 0. The molecule has 2 N–H and O–H groups in total. The molecule has 0 bridgehead atoms. The van der Waals surface area contributed by atoms with Crippen molar-refractivity contribution in [2.45, 2.75) is 6.10 Å². The van der Waals surface area contributed by atoms with Crippen LogP contribution in [0.15, 0.2) is 0 Å². The van der Waals surface area contributed by atoms with Crippen LogP contribution in [0.4, 0.5) is 0 Å². The minimum atomic E-state index is -0.645. The molecule has 1 unspecified atom stereocenters. The van der Waals surface area contributed by atoms with Gasteiger partial charge < -0.3 is 11.6 Å². The van der Waals surface area contributed by atoms with Gasteiger partial charge in [-0.25, -0.2) is 0 Å². The Labute approximate surface area is 72.1 Å². The van der Waals surface area contributed by atoms with Gasteiger partial charge in [0.1, 0.15) is 0 Å². The van der Waals surface area contributed by atoms with E-state index >= 15 is 0 Å². The van der Waals surface area contributed by atoms with Crippen molar-refractivity contribution in [2.24, 2.45) is 0 Å². The number of thiol groups is 1. The van der Waals surface area contributed by atoms with Crippen molar-refractivity contribution in [3.8, 4) is 0 Å². The summed E-state index contributed by atoms with van der Waals surface area (Å²) in [7, 11) is 0. The normalized spacial score (nSPS) is 12.4. The molecule has 0 aromatic rings. The fourth-order valence-electron chi connectivity index (χ4n) is 0.0577. The van der Waals surface area contributed by atoms with Crippen LogP contribution in [0.5, 0.6) is 0 Å².